The van der Waals surface area contributed by atoms with Crippen LogP contribution in [0, 0.1) is 6.92 Å². The van der Waals surface area contributed by atoms with Crippen molar-refractivity contribution in [2.24, 2.45) is 4.40 Å². The maximum Gasteiger partial charge on any atom is 0.338 e. The number of esters is 1. The van der Waals surface area contributed by atoms with Gasteiger partial charge in [0.15, 0.2) is 11.8 Å². The second-order valence-electron chi connectivity index (χ2n) is 6.01. The second-order valence-corrected chi connectivity index (χ2v) is 10.1. The summed E-state index contributed by atoms with van der Waals surface area (Å²) in [6.07, 6.45) is 0. The van der Waals surface area contributed by atoms with Crippen molar-refractivity contribution in [2.75, 3.05) is 23.8 Å². The molecule has 0 amide bonds. The number of nitrogens with zero attached hydrogens (tertiary/aromatic N) is 2. The molecular weight excluding hydrogens is 408 g/mol. The molecule has 2 aromatic rings. The molecule has 3 heterocycles. The van der Waals surface area contributed by atoms with Gasteiger partial charge in [-0.25, -0.2) is 13.2 Å². The van der Waals surface area contributed by atoms with E-state index in [1.807, 2.05) is 17.9 Å². The van der Waals surface area contributed by atoms with E-state index in [0.29, 0.717) is 22.2 Å². The molecule has 0 unspecified atom stereocenters. The Bertz CT molecular complexity index is 1090. The van der Waals surface area contributed by atoms with Gasteiger partial charge in [0.05, 0.1) is 21.9 Å². The SMILES string of the molecule is Cc1ccc(C(=O)COC(=O)c2ccc3c(c2)SC2=NS(=O)(=O)CCN23)s1. The van der Waals surface area contributed by atoms with E-state index in [4.69, 9.17) is 4.74 Å². The molecular formula is C17H14N2O5S3. The molecule has 1 aromatic heterocycles. The van der Waals surface area contributed by atoms with Gasteiger partial charge in [-0.15, -0.1) is 15.7 Å². The molecule has 0 fully saturated rings. The van der Waals surface area contributed by atoms with Gasteiger partial charge in [0, 0.05) is 16.3 Å². The Labute approximate surface area is 164 Å². The molecule has 0 bridgehead atoms. The van der Waals surface area contributed by atoms with Crippen LogP contribution in [0.4, 0.5) is 5.69 Å². The number of benzene rings is 1. The molecule has 2 aliphatic heterocycles. The molecule has 1 aromatic carbocycles. The van der Waals surface area contributed by atoms with Gasteiger partial charge in [0.2, 0.25) is 5.78 Å². The van der Waals surface area contributed by atoms with E-state index in [9.17, 15) is 18.0 Å². The number of Topliss-reactive ketones (excluding diaryl/α,β-unsaturated/α-hetero) is 1. The molecule has 0 aliphatic carbocycles. The predicted molar refractivity (Wildman–Crippen MR) is 105 cm³/mol. The van der Waals surface area contributed by atoms with Crippen LogP contribution >= 0.6 is 23.1 Å². The Hall–Kier alpha value is -2.17. The maximum absolute atomic E-state index is 12.3. The van der Waals surface area contributed by atoms with Crippen molar-refractivity contribution in [1.29, 1.82) is 0 Å². The summed E-state index contributed by atoms with van der Waals surface area (Å²) in [4.78, 5) is 28.5. The first-order valence-corrected chi connectivity index (χ1v) is 11.3. The van der Waals surface area contributed by atoms with E-state index >= 15 is 0 Å². The average molecular weight is 423 g/mol. The first kappa shape index (κ1) is 18.2. The van der Waals surface area contributed by atoms with E-state index < -0.39 is 16.0 Å². The number of fused-ring (bicyclic) bond motifs is 3. The van der Waals surface area contributed by atoms with Crippen LogP contribution in [0.5, 0.6) is 0 Å². The zero-order chi connectivity index (χ0) is 19.2. The molecule has 140 valence electrons. The minimum Gasteiger partial charge on any atom is -0.454 e. The largest absolute Gasteiger partial charge is 0.454 e. The minimum absolute atomic E-state index is 0.0371. The number of rotatable bonds is 4. The van der Waals surface area contributed by atoms with Gasteiger partial charge in [-0.2, -0.15) is 0 Å². The lowest BCUT2D eigenvalue weighted by Gasteiger charge is -2.22. The van der Waals surface area contributed by atoms with Gasteiger partial charge in [0.1, 0.15) is 0 Å². The third-order valence-corrected chi connectivity index (χ3v) is 7.41. The standard InChI is InChI=1S/C17H14N2O5S3/c1-10-2-5-14(25-10)13(20)9-24-16(21)11-3-4-12-15(8-11)26-17-18-27(22,23)7-6-19(12)17/h2-5,8H,6-7,9H2,1H3. The van der Waals surface area contributed by atoms with Crippen molar-refractivity contribution < 1.29 is 22.7 Å². The van der Waals surface area contributed by atoms with Crippen LogP contribution in [0.25, 0.3) is 0 Å². The fourth-order valence-corrected chi connectivity index (χ4v) is 5.82. The van der Waals surface area contributed by atoms with Gasteiger partial charge in [-0.3, -0.25) is 4.79 Å². The van der Waals surface area contributed by atoms with Gasteiger partial charge in [0.25, 0.3) is 10.0 Å². The van der Waals surface area contributed by atoms with Crippen LogP contribution in [0.15, 0.2) is 39.6 Å². The van der Waals surface area contributed by atoms with Gasteiger partial charge >= 0.3 is 5.97 Å². The summed E-state index contributed by atoms with van der Waals surface area (Å²) in [7, 11) is -3.43. The topological polar surface area (TPSA) is 93.1 Å². The van der Waals surface area contributed by atoms with Gasteiger partial charge in [-0.1, -0.05) is 0 Å². The first-order chi connectivity index (χ1) is 12.8. The first-order valence-electron chi connectivity index (χ1n) is 8.01. The Balaban J connectivity index is 1.47. The summed E-state index contributed by atoms with van der Waals surface area (Å²) >= 11 is 2.56. The third-order valence-electron chi connectivity index (χ3n) is 4.06. The van der Waals surface area contributed by atoms with Crippen LogP contribution in [-0.4, -0.2) is 44.2 Å². The van der Waals surface area contributed by atoms with E-state index in [1.54, 1.807) is 24.3 Å². The molecule has 0 radical (unpaired) electrons. The summed E-state index contributed by atoms with van der Waals surface area (Å²) in [5.74, 6) is -0.877. The van der Waals surface area contributed by atoms with Crippen LogP contribution in [0.3, 0.4) is 0 Å². The number of sulfonamides is 1. The highest BCUT2D eigenvalue weighted by Gasteiger charge is 2.33. The molecule has 10 heteroatoms. The number of ether oxygens (including phenoxy) is 1. The number of ketones is 1. The van der Waals surface area contributed by atoms with E-state index in [1.165, 1.54) is 23.1 Å². The smallest absolute Gasteiger partial charge is 0.338 e. The highest BCUT2D eigenvalue weighted by Crippen LogP contribution is 2.42. The molecule has 2 aliphatic rings. The Kier molecular flexibility index (Phi) is 4.57. The summed E-state index contributed by atoms with van der Waals surface area (Å²) in [5.41, 5.74) is 1.12. The number of hydrogen-bond donors (Lipinski definition) is 0. The summed E-state index contributed by atoms with van der Waals surface area (Å²) in [6.45, 7) is 1.92. The van der Waals surface area contributed by atoms with E-state index in [0.717, 1.165) is 15.5 Å². The van der Waals surface area contributed by atoms with E-state index in [2.05, 4.69) is 4.40 Å². The Morgan fingerprint density at radius 3 is 2.81 bits per heavy atom. The number of thioether (sulfide) groups is 1. The molecule has 27 heavy (non-hydrogen) atoms. The molecule has 7 nitrogen and oxygen atoms in total. The number of amidine groups is 1. The fourth-order valence-electron chi connectivity index (χ4n) is 2.73. The molecule has 0 spiro atoms. The lowest BCUT2D eigenvalue weighted by molar-refractivity contribution is 0.0475. The third kappa shape index (κ3) is 3.64. The average Bonchev–Trinajstić information content (AvgIpc) is 3.20. The van der Waals surface area contributed by atoms with Crippen LogP contribution in [0.1, 0.15) is 24.9 Å². The highest BCUT2D eigenvalue weighted by atomic mass is 32.2. The summed E-state index contributed by atoms with van der Waals surface area (Å²) in [6, 6.07) is 8.54. The number of hydrogen-bond acceptors (Lipinski definition) is 8. The summed E-state index contributed by atoms with van der Waals surface area (Å²) < 4.78 is 32.2. The molecule has 0 saturated heterocycles. The zero-order valence-electron chi connectivity index (χ0n) is 14.2. The van der Waals surface area contributed by atoms with Crippen molar-refractivity contribution in [2.45, 2.75) is 11.8 Å². The lowest BCUT2D eigenvalue weighted by Crippen LogP contribution is -2.35. The van der Waals surface area contributed by atoms with Crippen LogP contribution in [0.2, 0.25) is 0 Å². The quantitative estimate of drug-likeness (QED) is 0.552. The molecule has 0 N–H and O–H groups in total. The van der Waals surface area contributed by atoms with Crippen LogP contribution < -0.4 is 4.90 Å². The van der Waals surface area contributed by atoms with Crippen molar-refractivity contribution in [1.82, 2.24) is 0 Å². The highest BCUT2D eigenvalue weighted by molar-refractivity contribution is 8.15. The number of carbonyl (C=O) groups is 2. The molecule has 0 saturated carbocycles. The number of carbonyl (C=O) groups excluding carboxylic acids is 2. The van der Waals surface area contributed by atoms with E-state index in [-0.39, 0.29) is 18.1 Å². The van der Waals surface area contributed by atoms with Gasteiger partial charge in [-0.05, 0) is 49.0 Å². The molecule has 4 rings (SSSR count). The van der Waals surface area contributed by atoms with Gasteiger partial charge < -0.3 is 9.64 Å². The number of aryl methyl sites for hydroxylation is 1. The number of thiophene rings is 1. The predicted octanol–water partition coefficient (Wildman–Crippen LogP) is 2.71. The van der Waals surface area contributed by atoms with Crippen LogP contribution in [-0.2, 0) is 14.8 Å². The summed E-state index contributed by atoms with van der Waals surface area (Å²) in [5, 5.41) is 0.394. The van der Waals surface area contributed by atoms with Crippen molar-refractivity contribution in [3.63, 3.8) is 0 Å². The monoisotopic (exact) mass is 422 g/mol. The maximum atomic E-state index is 12.3. The zero-order valence-corrected chi connectivity index (χ0v) is 16.6. The fraction of sp³-hybridized carbons (Fsp3) is 0.235. The Morgan fingerprint density at radius 2 is 2.07 bits per heavy atom. The number of anilines is 1. The molecule has 0 atom stereocenters. The minimum atomic E-state index is -3.43. The normalized spacial score (nSPS) is 17.1. The van der Waals surface area contributed by atoms with Crippen molar-refractivity contribution >= 4 is 55.7 Å². The van der Waals surface area contributed by atoms with Crippen molar-refractivity contribution in [3.8, 4) is 0 Å². The Morgan fingerprint density at radius 1 is 1.26 bits per heavy atom. The van der Waals surface area contributed by atoms with Crippen molar-refractivity contribution in [3.05, 3.63) is 45.6 Å². The lowest BCUT2D eigenvalue weighted by atomic mass is 10.2. The second kappa shape index (κ2) is 6.77.